The number of anilines is 1. The first-order valence-corrected chi connectivity index (χ1v) is 10.6. The number of para-hydroxylation sites is 1. The topological polar surface area (TPSA) is 79.0 Å². The van der Waals surface area contributed by atoms with Gasteiger partial charge in [0.15, 0.2) is 0 Å². The van der Waals surface area contributed by atoms with Gasteiger partial charge in [0, 0.05) is 30.9 Å². The number of rotatable bonds is 4. The summed E-state index contributed by atoms with van der Waals surface area (Å²) in [7, 11) is 0. The number of amides is 3. The molecule has 3 aliphatic rings. The summed E-state index contributed by atoms with van der Waals surface area (Å²) in [5.41, 5.74) is 2.19. The lowest BCUT2D eigenvalue weighted by molar-refractivity contribution is -0.126. The Morgan fingerprint density at radius 1 is 1.14 bits per heavy atom. The van der Waals surface area contributed by atoms with Crippen LogP contribution in [-0.2, 0) is 20.7 Å². The number of carbonyl (C=O) groups excluding carboxylic acids is 3. The second-order valence-electron chi connectivity index (χ2n) is 8.31. The van der Waals surface area contributed by atoms with Crippen LogP contribution in [0, 0.1) is 11.8 Å². The van der Waals surface area contributed by atoms with Crippen molar-refractivity contribution < 1.29 is 19.1 Å². The van der Waals surface area contributed by atoms with Crippen LogP contribution in [0.5, 0.6) is 0 Å². The summed E-state index contributed by atoms with van der Waals surface area (Å²) < 4.78 is 5.03. The van der Waals surface area contributed by atoms with Crippen LogP contribution >= 0.6 is 0 Å². The third kappa shape index (κ3) is 3.95. The van der Waals surface area contributed by atoms with E-state index >= 15 is 0 Å². The number of likely N-dealkylation sites (tertiary alicyclic amines) is 1. The van der Waals surface area contributed by atoms with E-state index in [1.165, 1.54) is 5.56 Å². The molecule has 3 amide bonds. The third-order valence-corrected chi connectivity index (χ3v) is 6.26. The molecule has 1 aliphatic carbocycles. The lowest BCUT2D eigenvalue weighted by Gasteiger charge is -2.31. The lowest BCUT2D eigenvalue weighted by atomic mass is 10.0. The van der Waals surface area contributed by atoms with Crippen molar-refractivity contribution in [3.05, 3.63) is 29.8 Å². The number of benzene rings is 1. The number of hydrogen-bond acceptors (Lipinski definition) is 4. The number of hydrogen-bond donors (Lipinski definition) is 1. The van der Waals surface area contributed by atoms with E-state index in [1.807, 2.05) is 23.1 Å². The van der Waals surface area contributed by atoms with Gasteiger partial charge < -0.3 is 19.9 Å². The molecule has 2 heterocycles. The molecule has 7 nitrogen and oxygen atoms in total. The number of piperidine rings is 1. The van der Waals surface area contributed by atoms with Gasteiger partial charge in [0.25, 0.3) is 0 Å². The van der Waals surface area contributed by atoms with Crippen LogP contribution in [-0.4, -0.2) is 54.6 Å². The zero-order valence-corrected chi connectivity index (χ0v) is 17.1. The maximum absolute atomic E-state index is 13.1. The Morgan fingerprint density at radius 2 is 1.86 bits per heavy atom. The Kier molecular flexibility index (Phi) is 5.48. The second-order valence-corrected chi connectivity index (χ2v) is 8.31. The van der Waals surface area contributed by atoms with Crippen molar-refractivity contribution in [2.45, 2.75) is 51.6 Å². The minimum Gasteiger partial charge on any atom is -0.450 e. The Morgan fingerprint density at radius 3 is 2.59 bits per heavy atom. The van der Waals surface area contributed by atoms with Gasteiger partial charge in [-0.1, -0.05) is 18.2 Å². The highest BCUT2D eigenvalue weighted by Crippen LogP contribution is 2.43. The Bertz CT molecular complexity index is 803. The largest absolute Gasteiger partial charge is 0.450 e. The fourth-order valence-electron chi connectivity index (χ4n) is 4.57. The molecule has 0 radical (unpaired) electrons. The van der Waals surface area contributed by atoms with Crippen molar-refractivity contribution in [2.75, 3.05) is 24.6 Å². The Labute approximate surface area is 171 Å². The summed E-state index contributed by atoms with van der Waals surface area (Å²) in [5, 5.41) is 3.09. The summed E-state index contributed by atoms with van der Waals surface area (Å²) in [5.74, 6) is -0.411. The van der Waals surface area contributed by atoms with Gasteiger partial charge in [-0.15, -0.1) is 0 Å². The van der Waals surface area contributed by atoms with Gasteiger partial charge in [-0.2, -0.15) is 0 Å². The van der Waals surface area contributed by atoms with Crippen molar-refractivity contribution in [3.8, 4) is 0 Å². The highest BCUT2D eigenvalue weighted by Gasteiger charge is 2.51. The normalized spacial score (nSPS) is 26.1. The molecule has 2 fully saturated rings. The highest BCUT2D eigenvalue weighted by molar-refractivity contribution is 6.02. The summed E-state index contributed by atoms with van der Waals surface area (Å²) in [6.45, 7) is 5.39. The maximum Gasteiger partial charge on any atom is 0.409 e. The van der Waals surface area contributed by atoms with Gasteiger partial charge in [0.1, 0.15) is 0 Å². The Balaban J connectivity index is 1.28. The van der Waals surface area contributed by atoms with Crippen molar-refractivity contribution >= 4 is 23.6 Å². The molecule has 4 rings (SSSR count). The SMILES string of the molecule is CCOC(=O)N1CCC(NC(=O)C2CC2C(=O)N2c3ccccc3CC2C)CC1. The summed E-state index contributed by atoms with van der Waals surface area (Å²) in [4.78, 5) is 41.1. The third-order valence-electron chi connectivity index (χ3n) is 6.26. The van der Waals surface area contributed by atoms with Gasteiger partial charge >= 0.3 is 6.09 Å². The van der Waals surface area contributed by atoms with Crippen LogP contribution in [0.25, 0.3) is 0 Å². The van der Waals surface area contributed by atoms with Gasteiger partial charge in [-0.3, -0.25) is 9.59 Å². The van der Waals surface area contributed by atoms with Crippen LogP contribution < -0.4 is 10.2 Å². The Hall–Kier alpha value is -2.57. The molecule has 0 spiro atoms. The molecular formula is C22H29N3O4. The second kappa shape index (κ2) is 8.05. The smallest absolute Gasteiger partial charge is 0.409 e. The average Bonchev–Trinajstić information content (AvgIpc) is 3.44. The fourth-order valence-corrected chi connectivity index (χ4v) is 4.57. The van der Waals surface area contributed by atoms with E-state index < -0.39 is 0 Å². The predicted octanol–water partition coefficient (Wildman–Crippen LogP) is 2.34. The number of nitrogens with one attached hydrogen (secondary N) is 1. The molecule has 29 heavy (non-hydrogen) atoms. The van der Waals surface area contributed by atoms with Crippen LogP contribution in [0.4, 0.5) is 10.5 Å². The van der Waals surface area contributed by atoms with E-state index in [1.54, 1.807) is 11.8 Å². The fraction of sp³-hybridized carbons (Fsp3) is 0.591. The van der Waals surface area contributed by atoms with Crippen molar-refractivity contribution in [3.63, 3.8) is 0 Å². The van der Waals surface area contributed by atoms with Gasteiger partial charge in [0.05, 0.1) is 18.4 Å². The molecule has 1 aromatic rings. The number of carbonyl (C=O) groups is 3. The number of ether oxygens (including phenoxy) is 1. The van der Waals surface area contributed by atoms with Crippen LogP contribution in [0.15, 0.2) is 24.3 Å². The number of nitrogens with zero attached hydrogens (tertiary/aromatic N) is 2. The minimum absolute atomic E-state index is 0.0296. The first-order chi connectivity index (χ1) is 14.0. The summed E-state index contributed by atoms with van der Waals surface area (Å²) >= 11 is 0. The molecule has 1 N–H and O–H groups in total. The molecular weight excluding hydrogens is 370 g/mol. The molecule has 1 saturated heterocycles. The first kappa shape index (κ1) is 19.7. The molecule has 1 saturated carbocycles. The molecule has 7 heteroatoms. The minimum atomic E-state index is -0.287. The average molecular weight is 399 g/mol. The summed E-state index contributed by atoms with van der Waals surface area (Å²) in [6.07, 6.45) is 2.63. The zero-order valence-electron chi connectivity index (χ0n) is 17.1. The van der Waals surface area contributed by atoms with Crippen molar-refractivity contribution in [1.29, 1.82) is 0 Å². The van der Waals surface area contributed by atoms with E-state index in [4.69, 9.17) is 4.74 Å². The highest BCUT2D eigenvalue weighted by atomic mass is 16.6. The maximum atomic E-state index is 13.1. The predicted molar refractivity (Wildman–Crippen MR) is 108 cm³/mol. The van der Waals surface area contributed by atoms with E-state index in [9.17, 15) is 14.4 Å². The zero-order chi connectivity index (χ0) is 20.5. The van der Waals surface area contributed by atoms with Gasteiger partial charge in [0.2, 0.25) is 11.8 Å². The van der Waals surface area contributed by atoms with E-state index in [-0.39, 0.29) is 41.8 Å². The van der Waals surface area contributed by atoms with E-state index in [0.717, 1.165) is 12.1 Å². The van der Waals surface area contributed by atoms with Gasteiger partial charge in [-0.05, 0) is 51.2 Å². The standard InChI is InChI=1S/C22H29N3O4/c1-3-29-22(28)24-10-8-16(9-11-24)23-20(26)17-13-18(17)21(27)25-14(2)12-15-6-4-5-7-19(15)25/h4-7,14,16-18H,3,8-13H2,1-2H3,(H,23,26). The van der Waals surface area contributed by atoms with Crippen LogP contribution in [0.3, 0.4) is 0 Å². The van der Waals surface area contributed by atoms with E-state index in [2.05, 4.69) is 18.3 Å². The molecule has 3 unspecified atom stereocenters. The molecule has 156 valence electrons. The molecule has 0 aromatic heterocycles. The molecule has 2 aliphatic heterocycles. The molecule has 1 aromatic carbocycles. The lowest BCUT2D eigenvalue weighted by Crippen LogP contribution is -2.47. The quantitative estimate of drug-likeness (QED) is 0.843. The van der Waals surface area contributed by atoms with Gasteiger partial charge in [-0.25, -0.2) is 4.79 Å². The van der Waals surface area contributed by atoms with Crippen LogP contribution in [0.1, 0.15) is 38.7 Å². The molecule has 0 bridgehead atoms. The van der Waals surface area contributed by atoms with Crippen LogP contribution in [0.2, 0.25) is 0 Å². The van der Waals surface area contributed by atoms with Crippen molar-refractivity contribution in [1.82, 2.24) is 10.2 Å². The molecule has 3 atom stereocenters. The monoisotopic (exact) mass is 399 g/mol. The first-order valence-electron chi connectivity index (χ1n) is 10.6. The summed E-state index contributed by atoms with van der Waals surface area (Å²) in [6, 6.07) is 8.20. The van der Waals surface area contributed by atoms with E-state index in [0.29, 0.717) is 39.0 Å². The number of fused-ring (bicyclic) bond motifs is 1. The van der Waals surface area contributed by atoms with Crippen molar-refractivity contribution in [2.24, 2.45) is 11.8 Å².